The van der Waals surface area contributed by atoms with E-state index in [1.807, 2.05) is 91.5 Å². The first-order chi connectivity index (χ1) is 36.4. The number of fused-ring (bicyclic) bond motifs is 2. The molecule has 0 aliphatic rings. The van der Waals surface area contributed by atoms with Gasteiger partial charge in [0.05, 0.1) is 25.5 Å². The van der Waals surface area contributed by atoms with E-state index in [1.165, 1.54) is 89.6 Å². The first-order valence-corrected chi connectivity index (χ1v) is 26.8. The fraction of sp³-hybridized carbons (Fsp3) is 0.391. The average Bonchev–Trinajstić information content (AvgIpc) is 4.26. The van der Waals surface area contributed by atoms with Gasteiger partial charge in [0.1, 0.15) is 0 Å². The maximum Gasteiger partial charge on any atom is 2.00 e. The molecule has 7 heterocycles. The van der Waals surface area contributed by atoms with Gasteiger partial charge in [-0.25, -0.2) is 0 Å². The number of hydrogen-bond donors (Lipinski definition) is 0. The van der Waals surface area contributed by atoms with Gasteiger partial charge < -0.3 is 70.4 Å². The summed E-state index contributed by atoms with van der Waals surface area (Å²) >= 11 is 0. The number of aromatic nitrogens is 9. The van der Waals surface area contributed by atoms with Crippen LogP contribution in [0.25, 0.3) is 21.8 Å². The maximum absolute atomic E-state index is 5.36. The average molecular weight is 1160 g/mol. The van der Waals surface area contributed by atoms with E-state index in [9.17, 15) is 0 Å². The number of para-hydroxylation sites is 2. The molecule has 430 valence electrons. The van der Waals surface area contributed by atoms with Crippen LogP contribution in [-0.4, -0.2) is 32.2 Å². The van der Waals surface area contributed by atoms with Crippen molar-refractivity contribution in [1.29, 1.82) is 0 Å². The predicted molar refractivity (Wildman–Crippen MR) is 335 cm³/mol. The van der Waals surface area contributed by atoms with Crippen LogP contribution >= 0.6 is 0 Å². The van der Waals surface area contributed by atoms with Crippen molar-refractivity contribution in [2.45, 2.75) is 125 Å². The summed E-state index contributed by atoms with van der Waals surface area (Å²) in [6.45, 7) is 47.6. The Morgan fingerprint density at radius 1 is 0.400 bits per heavy atom. The van der Waals surface area contributed by atoms with E-state index in [1.54, 1.807) is 0 Å². The molecule has 0 aliphatic carbocycles. The van der Waals surface area contributed by atoms with Crippen molar-refractivity contribution in [2.24, 2.45) is 63.4 Å². The van der Waals surface area contributed by atoms with Crippen LogP contribution in [0.1, 0.15) is 109 Å². The molecule has 0 aliphatic heterocycles. The van der Waals surface area contributed by atoms with Gasteiger partial charge in [0.2, 0.25) is 0 Å². The van der Waals surface area contributed by atoms with Gasteiger partial charge in [0.25, 0.3) is 0 Å². The topological polar surface area (TPSA) is 42.3 Å². The molecule has 0 saturated carbocycles. The Labute approximate surface area is 510 Å². The molecule has 0 atom stereocenters. The molecule has 2 aromatic carbocycles. The molecule has 11 heteroatoms. The Morgan fingerprint density at radius 3 is 0.838 bits per heavy atom. The molecule has 0 unspecified atom stereocenters. The molecular formula is C69H101N9V2+2. The van der Waals surface area contributed by atoms with Crippen molar-refractivity contribution in [3.05, 3.63) is 225 Å². The third-order valence-corrected chi connectivity index (χ3v) is 15.3. The van der Waals surface area contributed by atoms with Crippen LogP contribution in [0.3, 0.4) is 0 Å². The Balaban J connectivity index is 0. The number of benzene rings is 2. The number of nitrogens with zero attached hydrogens (tertiary/aromatic N) is 9. The molecule has 2 radical (unpaired) electrons. The summed E-state index contributed by atoms with van der Waals surface area (Å²) in [5.74, 6) is 0. The molecular weight excluding hydrogens is 1060 g/mol. The molecule has 9 aromatic rings. The monoisotopic (exact) mass is 1160 g/mol. The first kappa shape index (κ1) is 76.0. The predicted octanol–water partition coefficient (Wildman–Crippen LogP) is 15.1. The van der Waals surface area contributed by atoms with Crippen molar-refractivity contribution >= 4 is 21.8 Å². The van der Waals surface area contributed by atoms with Gasteiger partial charge in [-0.3, -0.25) is 0 Å². The van der Waals surface area contributed by atoms with E-state index < -0.39 is 0 Å². The fourth-order valence-corrected chi connectivity index (χ4v) is 7.37. The van der Waals surface area contributed by atoms with E-state index in [2.05, 4.69) is 260 Å². The van der Waals surface area contributed by atoms with Crippen LogP contribution < -0.4 is 9.36 Å². The second kappa shape index (κ2) is 37.0. The summed E-state index contributed by atoms with van der Waals surface area (Å²) in [7, 11) is 18.5. The van der Waals surface area contributed by atoms with Crippen molar-refractivity contribution in [1.82, 2.24) is 32.2 Å². The molecule has 0 amide bonds. The fourth-order valence-electron chi connectivity index (χ4n) is 7.37. The van der Waals surface area contributed by atoms with Crippen molar-refractivity contribution in [3.63, 3.8) is 0 Å². The smallest absolute Gasteiger partial charge is 0.391 e. The van der Waals surface area contributed by atoms with Crippen LogP contribution in [0.2, 0.25) is 0 Å². The second-order valence-electron chi connectivity index (χ2n) is 20.4. The van der Waals surface area contributed by atoms with E-state index in [-0.39, 0.29) is 37.1 Å². The number of hydrogen-bond acceptors (Lipinski definition) is 0. The SMILES string of the molecule is Cc1c(C)n(C)c2ccccc12.Cc1c(C)n(C)c2ccccc12.Cc1cc[n+](C)n1C.Cc1cc[n+](C)n1C.Cc1ccc(C)n1C.Cc1ccn(C)c1C.Cc1ccn(C)c1C.[CH-]=C(C)C(C)=[C-]C.[CH-]=C(C)C(C)=[C-]C.[V+2].[V+2]. The van der Waals surface area contributed by atoms with E-state index in [0.717, 1.165) is 22.3 Å². The molecule has 0 N–H and O–H groups in total. The Hall–Kier alpha value is -6.09. The zero-order valence-electron chi connectivity index (χ0n) is 54.5. The summed E-state index contributed by atoms with van der Waals surface area (Å²) in [6, 6.07) is 29.7. The van der Waals surface area contributed by atoms with Crippen molar-refractivity contribution < 1.29 is 46.5 Å². The van der Waals surface area contributed by atoms with Gasteiger partial charge in [-0.05, 0) is 142 Å². The van der Waals surface area contributed by atoms with Crippen LogP contribution in [0.5, 0.6) is 0 Å². The summed E-state index contributed by atoms with van der Waals surface area (Å²) in [4.78, 5) is 0. The molecule has 0 spiro atoms. The summed E-state index contributed by atoms with van der Waals surface area (Å²) < 4.78 is 19.1. The van der Waals surface area contributed by atoms with E-state index >= 15 is 0 Å². The van der Waals surface area contributed by atoms with Crippen LogP contribution in [0.4, 0.5) is 0 Å². The number of rotatable bonds is 2. The first-order valence-electron chi connectivity index (χ1n) is 26.8. The van der Waals surface area contributed by atoms with Crippen molar-refractivity contribution in [2.75, 3.05) is 0 Å². The molecule has 0 bridgehead atoms. The molecule has 9 rings (SSSR count). The van der Waals surface area contributed by atoms with Crippen LogP contribution in [-0.2, 0) is 101 Å². The molecule has 80 heavy (non-hydrogen) atoms. The quantitative estimate of drug-likeness (QED) is 0.0941. The van der Waals surface area contributed by atoms with E-state index in [0.29, 0.717) is 0 Å². The maximum atomic E-state index is 5.36. The van der Waals surface area contributed by atoms with Crippen LogP contribution in [0, 0.1) is 108 Å². The molecule has 7 aromatic heterocycles. The third kappa shape index (κ3) is 23.2. The van der Waals surface area contributed by atoms with Crippen LogP contribution in [0.15, 0.2) is 132 Å². The number of aryl methyl sites for hydroxylation is 14. The second-order valence-corrected chi connectivity index (χ2v) is 20.4. The zero-order chi connectivity index (χ0) is 59.9. The minimum Gasteiger partial charge on any atom is -0.391 e. The summed E-state index contributed by atoms with van der Waals surface area (Å²) in [5, 5.41) is 2.75. The largest absolute Gasteiger partial charge is 2.00 e. The summed E-state index contributed by atoms with van der Waals surface area (Å²) in [5.41, 5.74) is 22.6. The van der Waals surface area contributed by atoms with Gasteiger partial charge >= 0.3 is 37.1 Å². The molecule has 0 saturated heterocycles. The minimum atomic E-state index is 0. The third-order valence-electron chi connectivity index (χ3n) is 15.3. The normalized spacial score (nSPS) is 10.2. The zero-order valence-corrected chi connectivity index (χ0v) is 57.3. The Morgan fingerprint density at radius 2 is 0.700 bits per heavy atom. The molecule has 9 nitrogen and oxygen atoms in total. The van der Waals surface area contributed by atoms with Gasteiger partial charge in [0.15, 0.2) is 26.5 Å². The van der Waals surface area contributed by atoms with Crippen molar-refractivity contribution in [3.8, 4) is 0 Å². The van der Waals surface area contributed by atoms with Gasteiger partial charge in [-0.15, -0.1) is 50.9 Å². The summed E-state index contributed by atoms with van der Waals surface area (Å²) in [6.07, 6.45) is 14.1. The van der Waals surface area contributed by atoms with Gasteiger partial charge in [-0.1, -0.05) is 36.4 Å². The Kier molecular flexibility index (Phi) is 35.2. The van der Waals surface area contributed by atoms with Gasteiger partial charge in [-0.2, -0.15) is 9.36 Å². The minimum absolute atomic E-state index is 0. The van der Waals surface area contributed by atoms with E-state index in [4.69, 9.17) is 13.2 Å². The number of allylic oxidation sites excluding steroid dienone is 6. The van der Waals surface area contributed by atoms with Gasteiger partial charge in [0, 0.05) is 116 Å². The molecule has 0 fully saturated rings. The Bertz CT molecular complexity index is 2810. The standard InChI is InChI=1S/2C11H13N.3C7H11N.2C7H10.2C6H11N2.2V/c2*1-8-9(2)12(3)11-7-5-4-6-10(8)11;2*1-6-4-5-8(3)7(6)2;1-6-4-5-7(2)8(6)3;2*1-5-7(4)6(2)3;2*1-6-4-5-7(2)8(6)3;;/h2*4-7H,1-3H3;3*4-5H,1-3H3;2*2H,1,3-4H3;2*4-5H,1-3H3;;/q;;;;;2*-2;2*+1;2*+2.